The van der Waals surface area contributed by atoms with Gasteiger partial charge in [0.25, 0.3) is 0 Å². The molecule has 0 fully saturated rings. The molecule has 0 radical (unpaired) electrons. The number of nitrogens with zero attached hydrogens (tertiary/aromatic N) is 1. The molecule has 0 unspecified atom stereocenters. The van der Waals surface area contributed by atoms with E-state index in [1.54, 1.807) is 12.1 Å². The third kappa shape index (κ3) is 5.76. The van der Waals surface area contributed by atoms with Gasteiger partial charge < -0.3 is 15.4 Å². The second-order valence-electron chi connectivity index (χ2n) is 6.07. The Hall–Kier alpha value is -2.99. The lowest BCUT2D eigenvalue weighted by Crippen LogP contribution is -2.18. The van der Waals surface area contributed by atoms with Crippen LogP contribution in [0.4, 0.5) is 17.1 Å². The number of hydrogen-bond acceptors (Lipinski definition) is 5. The van der Waals surface area contributed by atoms with E-state index in [-0.39, 0.29) is 15.5 Å². The van der Waals surface area contributed by atoms with E-state index in [0.29, 0.717) is 10.8 Å². The van der Waals surface area contributed by atoms with Gasteiger partial charge in [-0.05, 0) is 60.7 Å². The average molecular weight is 462 g/mol. The van der Waals surface area contributed by atoms with Crippen molar-refractivity contribution in [3.8, 4) is 0 Å². The molecule has 0 saturated carbocycles. The smallest absolute Gasteiger partial charge is 0.238 e. The molecule has 3 aromatic carbocycles. The highest BCUT2D eigenvalue weighted by molar-refractivity contribution is 7.94. The Morgan fingerprint density at radius 1 is 0.733 bits per heavy atom. The quantitative estimate of drug-likeness (QED) is 0.478. The molecule has 0 amide bonds. The van der Waals surface area contributed by atoms with Crippen molar-refractivity contribution in [1.82, 2.24) is 0 Å². The Balaban J connectivity index is 1.66. The maximum Gasteiger partial charge on any atom is 0.238 e. The van der Waals surface area contributed by atoms with E-state index >= 15 is 0 Å². The van der Waals surface area contributed by atoms with Crippen molar-refractivity contribution in [2.24, 2.45) is 5.14 Å². The van der Waals surface area contributed by atoms with Crippen LogP contribution in [0.3, 0.4) is 0 Å². The van der Waals surface area contributed by atoms with E-state index in [1.807, 2.05) is 30.3 Å². The van der Waals surface area contributed by atoms with Crippen LogP contribution in [0.2, 0.25) is 0 Å². The van der Waals surface area contributed by atoms with E-state index in [2.05, 4.69) is 15.4 Å². The lowest BCUT2D eigenvalue weighted by molar-refractivity contribution is 0.597. The van der Waals surface area contributed by atoms with Gasteiger partial charge in [0, 0.05) is 11.4 Å². The third-order valence-corrected chi connectivity index (χ3v) is 6.28. The summed E-state index contributed by atoms with van der Waals surface area (Å²) < 4.78 is 51.2. The number of sulfonamides is 2. The van der Waals surface area contributed by atoms with Crippen LogP contribution in [0.1, 0.15) is 0 Å². The average Bonchev–Trinajstić information content (AvgIpc) is 2.68. The molecule has 0 aliphatic carbocycles. The predicted octanol–water partition coefficient (Wildman–Crippen LogP) is 3.54. The van der Waals surface area contributed by atoms with Crippen LogP contribution in [0.5, 0.6) is 0 Å². The highest BCUT2D eigenvalue weighted by Crippen LogP contribution is 2.29. The summed E-state index contributed by atoms with van der Waals surface area (Å²) in [5, 5.41) is 11.4. The van der Waals surface area contributed by atoms with Crippen molar-refractivity contribution in [1.29, 1.82) is 0 Å². The Kier molecular flexibility index (Phi) is 6.37. The Morgan fingerprint density at radius 2 is 1.23 bits per heavy atom. The first-order valence-corrected chi connectivity index (χ1v) is 11.9. The van der Waals surface area contributed by atoms with E-state index < -0.39 is 20.0 Å². The Bertz CT molecular complexity index is 1240. The van der Waals surface area contributed by atoms with Crippen LogP contribution in [0, 0.1) is 0 Å². The molecule has 0 aromatic heterocycles. The molecule has 3 aromatic rings. The van der Waals surface area contributed by atoms with Gasteiger partial charge in [-0.3, -0.25) is 0 Å². The van der Waals surface area contributed by atoms with Crippen LogP contribution in [-0.4, -0.2) is 21.9 Å². The van der Waals surface area contributed by atoms with Gasteiger partial charge in [-0.1, -0.05) is 30.3 Å². The summed E-state index contributed by atoms with van der Waals surface area (Å²) in [6.45, 7) is 0. The predicted molar refractivity (Wildman–Crippen MR) is 121 cm³/mol. The SMILES string of the molecule is NS(=O)(=O)c1ccc([N-]S(=O)(=O)c2ccc(NC(=S)Nc3ccccc3)cc2)cc1. The van der Waals surface area contributed by atoms with Crippen molar-refractivity contribution in [3.05, 3.63) is 83.6 Å². The molecule has 0 bridgehead atoms. The molecular formula is C19H17N4O4S3-. The number of para-hydroxylation sites is 1. The third-order valence-electron chi connectivity index (χ3n) is 3.83. The van der Waals surface area contributed by atoms with Crippen molar-refractivity contribution in [2.75, 3.05) is 10.6 Å². The van der Waals surface area contributed by atoms with Crippen LogP contribution in [0.15, 0.2) is 88.7 Å². The minimum Gasteiger partial charge on any atom is -0.573 e. The summed E-state index contributed by atoms with van der Waals surface area (Å²) in [5.41, 5.74) is 1.50. The molecule has 0 aliphatic rings. The van der Waals surface area contributed by atoms with Gasteiger partial charge in [0.2, 0.25) is 10.0 Å². The summed E-state index contributed by atoms with van der Waals surface area (Å²) in [4.78, 5) is -0.153. The number of anilines is 2. The minimum absolute atomic E-state index is 0.0227. The molecule has 0 saturated heterocycles. The topological polar surface area (TPSA) is 132 Å². The summed E-state index contributed by atoms with van der Waals surface area (Å²) in [5.74, 6) is 0. The molecule has 8 nitrogen and oxygen atoms in total. The highest BCUT2D eigenvalue weighted by Gasteiger charge is 2.08. The first-order chi connectivity index (χ1) is 14.1. The molecule has 156 valence electrons. The normalized spacial score (nSPS) is 11.5. The van der Waals surface area contributed by atoms with Gasteiger partial charge >= 0.3 is 0 Å². The first-order valence-electron chi connectivity index (χ1n) is 8.47. The summed E-state index contributed by atoms with van der Waals surface area (Å²) >= 11 is 5.24. The molecule has 0 aliphatic heterocycles. The Labute approximate surface area is 180 Å². The molecule has 0 heterocycles. The maximum absolute atomic E-state index is 12.5. The van der Waals surface area contributed by atoms with Crippen molar-refractivity contribution in [3.63, 3.8) is 0 Å². The Morgan fingerprint density at radius 3 is 1.77 bits per heavy atom. The second-order valence-corrected chi connectivity index (χ2v) is 9.65. The fourth-order valence-electron chi connectivity index (χ4n) is 2.41. The zero-order valence-corrected chi connectivity index (χ0v) is 17.8. The summed E-state index contributed by atoms with van der Waals surface area (Å²) in [7, 11) is -7.85. The summed E-state index contributed by atoms with van der Waals surface area (Å²) in [6, 6.07) is 20.2. The molecule has 0 spiro atoms. The lowest BCUT2D eigenvalue weighted by Gasteiger charge is -2.22. The zero-order chi connectivity index (χ0) is 21.8. The van der Waals surface area contributed by atoms with Gasteiger partial charge in [0.1, 0.15) is 10.0 Å². The van der Waals surface area contributed by atoms with E-state index in [9.17, 15) is 16.8 Å². The number of rotatable bonds is 6. The van der Waals surface area contributed by atoms with E-state index in [1.165, 1.54) is 36.4 Å². The minimum atomic E-state index is -3.99. The molecule has 0 atom stereocenters. The van der Waals surface area contributed by atoms with Gasteiger partial charge in [-0.25, -0.2) is 22.0 Å². The number of nitrogens with two attached hydrogens (primary N) is 1. The molecule has 4 N–H and O–H groups in total. The molecule has 3 rings (SSSR count). The van der Waals surface area contributed by atoms with Crippen molar-refractivity contribution in [2.45, 2.75) is 9.79 Å². The second kappa shape index (κ2) is 8.79. The van der Waals surface area contributed by atoms with Gasteiger partial charge in [0.05, 0.1) is 9.79 Å². The maximum atomic E-state index is 12.5. The number of nitrogens with one attached hydrogen (secondary N) is 2. The van der Waals surface area contributed by atoms with E-state index in [0.717, 1.165) is 5.69 Å². The molecule has 30 heavy (non-hydrogen) atoms. The fourth-order valence-corrected chi connectivity index (χ4v) is 4.15. The molecular weight excluding hydrogens is 444 g/mol. The van der Waals surface area contributed by atoms with Crippen molar-refractivity contribution >= 4 is 54.4 Å². The molecule has 11 heteroatoms. The number of benzene rings is 3. The van der Waals surface area contributed by atoms with Crippen LogP contribution in [-0.2, 0) is 20.0 Å². The number of hydrogen-bond donors (Lipinski definition) is 3. The highest BCUT2D eigenvalue weighted by atomic mass is 32.2. The standard InChI is InChI=1S/C19H17N4O4S3/c20-29(24,25)17-10-8-16(9-11-17)23-30(26,27)18-12-6-15(7-13-18)22-19(28)21-14-4-2-1-3-5-14/h1-13H,(H2,20,24,25)(H2,21,22,28)/q-1. The zero-order valence-electron chi connectivity index (χ0n) is 15.4. The summed E-state index contributed by atoms with van der Waals surface area (Å²) in [6.07, 6.45) is 0. The van der Waals surface area contributed by atoms with Gasteiger partial charge in [0.15, 0.2) is 5.11 Å². The lowest BCUT2D eigenvalue weighted by atomic mass is 10.3. The van der Waals surface area contributed by atoms with Gasteiger partial charge in [-0.2, -0.15) is 0 Å². The largest absolute Gasteiger partial charge is 0.573 e. The number of primary sulfonamides is 1. The van der Waals surface area contributed by atoms with Crippen LogP contribution >= 0.6 is 12.2 Å². The fraction of sp³-hybridized carbons (Fsp3) is 0. The van der Waals surface area contributed by atoms with Crippen molar-refractivity contribution < 1.29 is 16.8 Å². The van der Waals surface area contributed by atoms with Gasteiger partial charge in [-0.15, -0.1) is 5.69 Å². The van der Waals surface area contributed by atoms with E-state index in [4.69, 9.17) is 17.4 Å². The first kappa shape index (κ1) is 21.7. The van der Waals surface area contributed by atoms with Crippen LogP contribution in [0.25, 0.3) is 4.72 Å². The monoisotopic (exact) mass is 461 g/mol. The van der Waals surface area contributed by atoms with Crippen LogP contribution < -0.4 is 15.8 Å². The number of thiocarbonyl (C=S) groups is 1.